The first kappa shape index (κ1) is 135. The lowest BCUT2D eigenvalue weighted by molar-refractivity contribution is -0.187. The number of rotatable bonds is 39. The highest BCUT2D eigenvalue weighted by atomic mass is 19.4. The van der Waals surface area contributed by atoms with E-state index in [2.05, 4.69) is 233 Å². The Kier molecular flexibility index (Phi) is 71.4. The summed E-state index contributed by atoms with van der Waals surface area (Å²) in [6.45, 7) is 84.3. The van der Waals surface area contributed by atoms with E-state index in [0.29, 0.717) is 123 Å². The summed E-state index contributed by atoms with van der Waals surface area (Å²) in [5.74, 6) is 1.17. The van der Waals surface area contributed by atoms with Crippen LogP contribution in [0.1, 0.15) is 312 Å². The van der Waals surface area contributed by atoms with Crippen LogP contribution in [-0.4, -0.2) is 424 Å². The zero-order chi connectivity index (χ0) is 108. The molecule has 844 valence electrons. The molecule has 8 aliphatic heterocycles. The lowest BCUT2D eigenvalue weighted by Crippen LogP contribution is -2.53. The molecule has 0 unspecified atom stereocenters. The maximum Gasteiger partial charge on any atom is 0.471 e. The number of amidine groups is 1. The second-order valence-electron chi connectivity index (χ2n) is 43.2. The van der Waals surface area contributed by atoms with E-state index in [-0.39, 0.29) is 38.4 Å². The van der Waals surface area contributed by atoms with Crippen LogP contribution in [0.25, 0.3) is 11.1 Å². The Morgan fingerprint density at radius 1 is 0.384 bits per heavy atom. The zero-order valence-corrected chi connectivity index (χ0v) is 95.6. The van der Waals surface area contributed by atoms with E-state index in [1.165, 1.54) is 106 Å². The van der Waals surface area contributed by atoms with Gasteiger partial charge in [0, 0.05) is 315 Å². The first-order chi connectivity index (χ1) is 68.9. The number of ether oxygens (including phenoxy) is 1. The van der Waals surface area contributed by atoms with E-state index < -0.39 is 12.1 Å². The number of hydrogen-bond acceptors (Lipinski definition) is 22. The van der Waals surface area contributed by atoms with Crippen molar-refractivity contribution in [1.29, 1.82) is 5.41 Å². The van der Waals surface area contributed by atoms with E-state index in [1.807, 2.05) is 64.6 Å². The molecule has 8 saturated heterocycles. The summed E-state index contributed by atoms with van der Waals surface area (Å²) in [4.78, 5) is 114. The summed E-state index contributed by atoms with van der Waals surface area (Å²) >= 11 is 0. The molecule has 0 spiro atoms. The van der Waals surface area contributed by atoms with Crippen LogP contribution >= 0.6 is 0 Å². The molecule has 146 heavy (non-hydrogen) atoms. The molecule has 0 bridgehead atoms. The minimum Gasteiger partial charge on any atom is -0.449 e. The number of ketones is 1. The fraction of sp³-hybridized carbons (Fsp3) is 0.807. The van der Waals surface area contributed by atoms with Crippen molar-refractivity contribution in [3.63, 3.8) is 0 Å². The Morgan fingerprint density at radius 2 is 0.671 bits per heavy atom. The number of nitrogens with one attached hydrogen (secondary N) is 5. The van der Waals surface area contributed by atoms with Gasteiger partial charge in [-0.2, -0.15) is 13.2 Å². The Hall–Kier alpha value is -7.11. The third kappa shape index (κ3) is 57.4. The fourth-order valence-electron chi connectivity index (χ4n) is 18.9. The number of carbonyl (C=O) groups excluding carboxylic acids is 7. The van der Waals surface area contributed by atoms with Gasteiger partial charge < -0.3 is 70.8 Å². The number of Topliss-reactive ketones (excluding diaryl/α,β-unsaturated/α-hetero) is 1. The highest BCUT2D eigenvalue weighted by Crippen LogP contribution is 2.44. The molecule has 0 atom stereocenters. The van der Waals surface area contributed by atoms with E-state index in [9.17, 15) is 46.7 Å². The normalized spacial score (nSPS) is 17.6. The number of fused-ring (bicyclic) bond motifs is 3. The summed E-state index contributed by atoms with van der Waals surface area (Å²) in [5, 5.41) is 20.1. The smallest absolute Gasteiger partial charge is 0.449 e. The molecular formula is C114H214F3N21O8. The standard InChI is InChI=1S/C28H37N3O3.C15H30N4O.C14H28N2O.C12H25NO.C11H22N2O.C9H15F3N2O.C9H19N3.C8H18N2.C7H16N2.CH4/c1-21(2)30-16-18-31(19-17-30)27(32)14-4-3-9-15-29-28(33)34-20-26-24-12-7-5-10-22(24)23-11-6-8-13-25(23)26;1-13(2)18-9-11-19(12-10-18)15(20)7-5-4-6-8-17-14(3)16;1-4-5-6-7-8-14(17)16-11-9-15(10-12-16)13(2)3;1-11(2)13-10-8-6-4-5-7-9-12(3)14;1-4-5-11(14)13-8-6-12(7-9-13)10(2)3;1-7(2)13-3-5-14(6-4-13)8(15)9(10,11)12;1-8(2)11-4-6-12(7-5-11)9(3)10;1-8(2)10-6-4-9(3)5-7-10;1-7(2)9-5-3-8-4-6-9;/h5-8,10-13,21,26H,3-4,9,14-20H2,1-2H3,(H,29,33);13,17H,3-12,16H2,1-2H3;13H,4-12H2,1-3H3;11,13H,4-10H2,1-3H3;10H,4-9H2,1-3H3;7H,3-6H2,1-2H3;8,10H,4-7H2,1-3H3;8H,4-7H2,1-3H3;7-8H,3-6H2,1-2H3;1H4. The predicted octanol–water partition coefficient (Wildman–Crippen LogP) is 16.2. The number of benzene rings is 2. The lowest BCUT2D eigenvalue weighted by Gasteiger charge is -2.37. The van der Waals surface area contributed by atoms with Gasteiger partial charge in [-0.15, -0.1) is 0 Å². The van der Waals surface area contributed by atoms with Gasteiger partial charge in [-0.3, -0.25) is 68.6 Å². The van der Waals surface area contributed by atoms with Crippen LogP contribution in [0.15, 0.2) is 60.9 Å². The Bertz CT molecular complexity index is 3750. The van der Waals surface area contributed by atoms with Gasteiger partial charge >= 0.3 is 18.2 Å². The summed E-state index contributed by atoms with van der Waals surface area (Å²) in [5.41, 5.74) is 10.3. The van der Waals surface area contributed by atoms with Gasteiger partial charge in [0.25, 0.3) is 0 Å². The third-order valence-corrected chi connectivity index (χ3v) is 28.9. The van der Waals surface area contributed by atoms with Crippen LogP contribution in [0.3, 0.4) is 0 Å². The second kappa shape index (κ2) is 77.2. The van der Waals surface area contributed by atoms with Gasteiger partial charge in [-0.25, -0.2) is 4.79 Å². The number of unbranched alkanes of at least 4 members (excludes halogenated alkanes) is 11. The minimum atomic E-state index is -4.74. The molecular weight excluding hydrogens is 1850 g/mol. The SMILES string of the molecule is C.C=C(N)NCCCCCC(=O)N1CCN(C(C)C)CC1.CC(=N)N1CCN(C(C)C)CC1.CC(=O)CCCCCCCNC(C)C.CC(C)N1CCN(C(=O)C(F)(F)F)CC1.CC(C)N1CCN(C(=O)CCCCCNC(=O)OCC2c3ccccc3-c3ccccc32)CC1.CC(C)N1CCN(C)CC1.CC(C)N1CCNCC1.CCCC(=O)N1CCN(C(C)C)CC1.CCCCCCC(=O)N1CCN(C(C)C)CC1. The van der Waals surface area contributed by atoms with Gasteiger partial charge in [0.2, 0.25) is 23.6 Å². The van der Waals surface area contributed by atoms with Crippen molar-refractivity contribution in [1.82, 2.24) is 94.8 Å². The number of halogens is 3. The van der Waals surface area contributed by atoms with E-state index in [0.717, 1.165) is 245 Å². The summed E-state index contributed by atoms with van der Waals surface area (Å²) in [7, 11) is 2.19. The summed E-state index contributed by atoms with van der Waals surface area (Å²) in [6, 6.07) is 22.0. The molecule has 2 aromatic carbocycles. The van der Waals surface area contributed by atoms with Crippen molar-refractivity contribution >= 4 is 47.2 Å². The van der Waals surface area contributed by atoms with Crippen LogP contribution < -0.4 is 27.0 Å². The molecule has 32 heteroatoms. The number of alkyl carbamates (subject to hydrolysis) is 1. The van der Waals surface area contributed by atoms with Gasteiger partial charge in [-0.05, 0) is 212 Å². The molecule has 8 fully saturated rings. The highest BCUT2D eigenvalue weighted by Gasteiger charge is 2.43. The maximum absolute atomic E-state index is 12.4. The monoisotopic (exact) mass is 2060 g/mol. The fourth-order valence-corrected chi connectivity index (χ4v) is 18.9. The molecule has 11 rings (SSSR count). The van der Waals surface area contributed by atoms with Crippen molar-refractivity contribution < 1.29 is 51.5 Å². The number of alkyl halides is 3. The Morgan fingerprint density at radius 3 is 0.986 bits per heavy atom. The number of nitrogens with two attached hydrogens (primary N) is 1. The number of likely N-dealkylation sites (N-methyl/N-ethyl adjacent to an activating group) is 1. The van der Waals surface area contributed by atoms with Crippen molar-refractivity contribution in [2.75, 3.05) is 243 Å². The van der Waals surface area contributed by atoms with Crippen LogP contribution in [-0.2, 0) is 33.5 Å². The second-order valence-corrected chi connectivity index (χ2v) is 43.2. The molecule has 7 N–H and O–H groups in total. The van der Waals surface area contributed by atoms with Gasteiger partial charge in [0.15, 0.2) is 0 Å². The minimum absolute atomic E-state index is 0. The highest BCUT2D eigenvalue weighted by molar-refractivity contribution is 5.82. The molecule has 8 heterocycles. The number of hydrogen-bond donors (Lipinski definition) is 6. The zero-order valence-electron chi connectivity index (χ0n) is 95.6. The molecule has 2 aromatic rings. The van der Waals surface area contributed by atoms with E-state index in [1.54, 1.807) is 6.92 Å². The molecule has 9 aliphatic rings. The average molecular weight is 2060 g/mol. The van der Waals surface area contributed by atoms with Crippen LogP contribution in [0, 0.1) is 5.41 Å². The number of amides is 6. The number of piperazine rings is 8. The quantitative estimate of drug-likeness (QED) is 0.0206. The van der Waals surface area contributed by atoms with Gasteiger partial charge in [0.05, 0.1) is 11.7 Å². The van der Waals surface area contributed by atoms with Gasteiger partial charge in [0.1, 0.15) is 12.4 Å². The number of carbonyl (C=O) groups is 7. The third-order valence-electron chi connectivity index (χ3n) is 28.9. The largest absolute Gasteiger partial charge is 0.471 e. The van der Waals surface area contributed by atoms with E-state index >= 15 is 0 Å². The van der Waals surface area contributed by atoms with Crippen molar-refractivity contribution in [3.8, 4) is 11.1 Å². The lowest BCUT2D eigenvalue weighted by atomic mass is 9.98. The first-order valence-electron chi connectivity index (χ1n) is 56.5. The molecule has 0 aromatic heterocycles. The number of nitrogens with zero attached hydrogens (tertiary/aromatic N) is 15. The molecule has 6 amide bonds. The predicted molar refractivity (Wildman–Crippen MR) is 601 cm³/mol. The van der Waals surface area contributed by atoms with Crippen LogP contribution in [0.4, 0.5) is 18.0 Å². The molecule has 1 aliphatic carbocycles. The average Bonchev–Trinajstić information content (AvgIpc) is 1.61. The molecule has 0 radical (unpaired) electrons. The maximum atomic E-state index is 12.4. The Balaban J connectivity index is 0.000000573. The van der Waals surface area contributed by atoms with Crippen LogP contribution in [0.5, 0.6) is 0 Å². The van der Waals surface area contributed by atoms with Crippen molar-refractivity contribution in [2.45, 2.75) is 361 Å². The van der Waals surface area contributed by atoms with Crippen molar-refractivity contribution in [2.24, 2.45) is 5.73 Å². The Labute approximate surface area is 886 Å². The topological polar surface area (TPSA) is 275 Å². The van der Waals surface area contributed by atoms with Crippen LogP contribution in [0.2, 0.25) is 0 Å². The van der Waals surface area contributed by atoms with E-state index in [4.69, 9.17) is 15.9 Å². The summed E-state index contributed by atoms with van der Waals surface area (Å²) < 4.78 is 41.8. The summed E-state index contributed by atoms with van der Waals surface area (Å²) in [6.07, 6.45) is 15.9. The molecule has 0 saturated carbocycles. The van der Waals surface area contributed by atoms with Crippen molar-refractivity contribution in [3.05, 3.63) is 72.1 Å². The first-order valence-corrected chi connectivity index (χ1v) is 56.5. The van der Waals surface area contributed by atoms with Gasteiger partial charge in [-0.1, -0.05) is 142 Å². The molecule has 29 nitrogen and oxygen atoms in total.